The number of aryl methyl sites for hydroxylation is 1. The third-order valence-corrected chi connectivity index (χ3v) is 5.58. The van der Waals surface area contributed by atoms with Gasteiger partial charge in [0.05, 0.1) is 10.9 Å². The summed E-state index contributed by atoms with van der Waals surface area (Å²) in [7, 11) is -3.79. The zero-order valence-corrected chi connectivity index (χ0v) is 15.8. The lowest BCUT2D eigenvalue weighted by Crippen LogP contribution is -2.31. The summed E-state index contributed by atoms with van der Waals surface area (Å²) in [4.78, 5) is 11.9. The first-order valence-corrected chi connectivity index (χ1v) is 9.52. The molecule has 2 rings (SSSR count). The number of sulfonamides is 1. The van der Waals surface area contributed by atoms with Crippen LogP contribution in [-0.2, 0) is 14.8 Å². The van der Waals surface area contributed by atoms with Crippen LogP contribution >= 0.6 is 15.9 Å². The molecule has 0 aromatic heterocycles. The van der Waals surface area contributed by atoms with Crippen molar-refractivity contribution in [3.05, 3.63) is 76.3 Å². The Labute approximate surface area is 150 Å². The van der Waals surface area contributed by atoms with Gasteiger partial charge in [-0.05, 0) is 43.7 Å². The quantitative estimate of drug-likeness (QED) is 0.737. The molecule has 2 aromatic carbocycles. The van der Waals surface area contributed by atoms with Gasteiger partial charge in [-0.2, -0.15) is 4.72 Å². The van der Waals surface area contributed by atoms with E-state index in [4.69, 9.17) is 0 Å². The molecule has 126 valence electrons. The maximum atomic E-state index is 12.6. The summed E-state index contributed by atoms with van der Waals surface area (Å²) in [6, 6.07) is 12.8. The molecule has 0 fully saturated rings. The molecule has 2 aromatic rings. The first kappa shape index (κ1) is 18.6. The predicted molar refractivity (Wildman–Crippen MR) is 98.2 cm³/mol. The van der Waals surface area contributed by atoms with Crippen LogP contribution in [0.25, 0.3) is 0 Å². The van der Waals surface area contributed by atoms with E-state index >= 15 is 0 Å². The van der Waals surface area contributed by atoms with E-state index in [2.05, 4.69) is 27.2 Å². The van der Waals surface area contributed by atoms with Gasteiger partial charge in [-0.25, -0.2) is 8.42 Å². The number of carbonyl (C=O) groups excluding carboxylic acids is 1. The molecular weight excluding hydrogens is 390 g/mol. The first-order valence-electron chi connectivity index (χ1n) is 7.25. The van der Waals surface area contributed by atoms with Crippen molar-refractivity contribution in [1.29, 1.82) is 0 Å². The Morgan fingerprint density at radius 3 is 2.12 bits per heavy atom. The Morgan fingerprint density at radius 2 is 1.62 bits per heavy atom. The lowest BCUT2D eigenvalue weighted by atomic mass is 9.98. The summed E-state index contributed by atoms with van der Waals surface area (Å²) in [6.45, 7) is 7.01. The molecule has 1 N–H and O–H groups in total. The summed E-state index contributed by atoms with van der Waals surface area (Å²) in [5, 5.41) is 0. The fraction of sp³-hybridized carbons (Fsp3) is 0.167. The monoisotopic (exact) mass is 407 g/mol. The van der Waals surface area contributed by atoms with Crippen molar-refractivity contribution >= 4 is 31.7 Å². The maximum Gasteiger partial charge on any atom is 0.241 e. The SMILES string of the molecule is C=C(C(C)=O)[C@H](NS(=O)(=O)c1ccc(C)cc1)c1ccc(Br)cc1. The molecule has 0 amide bonds. The molecular formula is C18H18BrNO3S. The second kappa shape index (κ2) is 7.42. The Morgan fingerprint density at radius 1 is 1.08 bits per heavy atom. The van der Waals surface area contributed by atoms with E-state index in [0.717, 1.165) is 10.0 Å². The van der Waals surface area contributed by atoms with E-state index in [-0.39, 0.29) is 16.3 Å². The third kappa shape index (κ3) is 4.41. The van der Waals surface area contributed by atoms with Crippen LogP contribution in [0.2, 0.25) is 0 Å². The third-order valence-electron chi connectivity index (χ3n) is 3.61. The van der Waals surface area contributed by atoms with Gasteiger partial charge in [-0.3, -0.25) is 4.79 Å². The highest BCUT2D eigenvalue weighted by molar-refractivity contribution is 9.10. The van der Waals surface area contributed by atoms with Crippen molar-refractivity contribution in [2.24, 2.45) is 0 Å². The summed E-state index contributed by atoms with van der Waals surface area (Å²) in [5.41, 5.74) is 1.80. The minimum absolute atomic E-state index is 0.145. The Kier molecular flexibility index (Phi) is 5.74. The van der Waals surface area contributed by atoms with Crippen LogP contribution in [0.4, 0.5) is 0 Å². The van der Waals surface area contributed by atoms with Gasteiger partial charge in [0.25, 0.3) is 0 Å². The number of nitrogens with one attached hydrogen (secondary N) is 1. The Bertz CT molecular complexity index is 856. The summed E-state index contributed by atoms with van der Waals surface area (Å²) >= 11 is 3.34. The largest absolute Gasteiger partial charge is 0.295 e. The van der Waals surface area contributed by atoms with Crippen molar-refractivity contribution in [3.63, 3.8) is 0 Å². The van der Waals surface area contributed by atoms with Gasteiger partial charge in [-0.15, -0.1) is 0 Å². The maximum absolute atomic E-state index is 12.6. The zero-order valence-electron chi connectivity index (χ0n) is 13.4. The number of hydrogen-bond acceptors (Lipinski definition) is 3. The molecule has 0 aliphatic rings. The molecule has 0 bridgehead atoms. The van der Waals surface area contributed by atoms with Crippen molar-refractivity contribution in [1.82, 2.24) is 4.72 Å². The van der Waals surface area contributed by atoms with Crippen LogP contribution in [0.1, 0.15) is 24.1 Å². The highest BCUT2D eigenvalue weighted by atomic mass is 79.9. The molecule has 4 nitrogen and oxygen atoms in total. The predicted octanol–water partition coefficient (Wildman–Crippen LogP) is 3.92. The standard InChI is InChI=1S/C18H18BrNO3S/c1-12-4-10-17(11-5-12)24(22,23)20-18(13(2)14(3)21)15-6-8-16(19)9-7-15/h4-11,18,20H,2H2,1,3H3/t18-/m0/s1. The Hall–Kier alpha value is -1.76. The van der Waals surface area contributed by atoms with E-state index in [1.54, 1.807) is 36.4 Å². The lowest BCUT2D eigenvalue weighted by Gasteiger charge is -2.20. The number of carbonyl (C=O) groups is 1. The lowest BCUT2D eigenvalue weighted by molar-refractivity contribution is -0.113. The van der Waals surface area contributed by atoms with Crippen LogP contribution < -0.4 is 4.72 Å². The van der Waals surface area contributed by atoms with Gasteiger partial charge < -0.3 is 0 Å². The van der Waals surface area contributed by atoms with Crippen molar-refractivity contribution in [2.45, 2.75) is 24.8 Å². The fourth-order valence-electron chi connectivity index (χ4n) is 2.14. The summed E-state index contributed by atoms with van der Waals surface area (Å²) in [6.07, 6.45) is 0. The van der Waals surface area contributed by atoms with Gasteiger partial charge in [-0.1, -0.05) is 52.3 Å². The minimum Gasteiger partial charge on any atom is -0.295 e. The molecule has 0 aliphatic carbocycles. The van der Waals surface area contributed by atoms with E-state index in [1.807, 2.05) is 6.92 Å². The van der Waals surface area contributed by atoms with Crippen molar-refractivity contribution in [3.8, 4) is 0 Å². The van der Waals surface area contributed by atoms with Crippen LogP contribution in [0.15, 0.2) is 70.1 Å². The summed E-state index contributed by atoms with van der Waals surface area (Å²) < 4.78 is 28.7. The van der Waals surface area contributed by atoms with Gasteiger partial charge >= 0.3 is 0 Å². The number of rotatable bonds is 6. The van der Waals surface area contributed by atoms with Gasteiger partial charge in [0.15, 0.2) is 5.78 Å². The molecule has 1 atom stereocenters. The second-order valence-corrected chi connectivity index (χ2v) is 8.13. The molecule has 0 saturated heterocycles. The highest BCUT2D eigenvalue weighted by Gasteiger charge is 2.25. The number of ketones is 1. The van der Waals surface area contributed by atoms with Crippen molar-refractivity contribution < 1.29 is 13.2 Å². The average Bonchev–Trinajstić information content (AvgIpc) is 2.53. The van der Waals surface area contributed by atoms with E-state index < -0.39 is 16.1 Å². The zero-order chi connectivity index (χ0) is 17.9. The molecule has 6 heteroatoms. The Balaban J connectivity index is 2.41. The van der Waals surface area contributed by atoms with E-state index in [1.165, 1.54) is 19.1 Å². The van der Waals surface area contributed by atoms with Crippen molar-refractivity contribution in [2.75, 3.05) is 0 Å². The molecule has 0 aliphatic heterocycles. The van der Waals surface area contributed by atoms with E-state index in [0.29, 0.717) is 5.56 Å². The molecule has 0 heterocycles. The van der Waals surface area contributed by atoms with Crippen LogP contribution in [0, 0.1) is 6.92 Å². The van der Waals surface area contributed by atoms with Crippen LogP contribution in [0.5, 0.6) is 0 Å². The molecule has 0 saturated carbocycles. The number of hydrogen-bond donors (Lipinski definition) is 1. The minimum atomic E-state index is -3.79. The first-order chi connectivity index (χ1) is 11.2. The normalized spacial score (nSPS) is 12.6. The van der Waals surface area contributed by atoms with E-state index in [9.17, 15) is 13.2 Å². The molecule has 0 radical (unpaired) electrons. The number of halogens is 1. The molecule has 0 unspecified atom stereocenters. The van der Waals surface area contributed by atoms with Gasteiger partial charge in [0, 0.05) is 10.0 Å². The highest BCUT2D eigenvalue weighted by Crippen LogP contribution is 2.25. The molecule has 24 heavy (non-hydrogen) atoms. The average molecular weight is 408 g/mol. The second-order valence-electron chi connectivity index (χ2n) is 5.50. The van der Waals surface area contributed by atoms with Gasteiger partial charge in [0.1, 0.15) is 0 Å². The van der Waals surface area contributed by atoms with Crippen LogP contribution in [0.3, 0.4) is 0 Å². The van der Waals surface area contributed by atoms with Gasteiger partial charge in [0.2, 0.25) is 10.0 Å². The number of Topliss-reactive ketones (excluding diaryl/α,β-unsaturated/α-hetero) is 1. The smallest absolute Gasteiger partial charge is 0.241 e. The number of benzene rings is 2. The van der Waals surface area contributed by atoms with Crippen LogP contribution in [-0.4, -0.2) is 14.2 Å². The summed E-state index contributed by atoms with van der Waals surface area (Å²) in [5.74, 6) is -0.269. The molecule has 0 spiro atoms. The fourth-order valence-corrected chi connectivity index (χ4v) is 3.62. The topological polar surface area (TPSA) is 63.2 Å².